The fourth-order valence-electron chi connectivity index (χ4n) is 2.09. The van der Waals surface area contributed by atoms with E-state index < -0.39 is 24.2 Å². The number of hydrazone groups is 1. The molecule has 0 spiro atoms. The van der Waals surface area contributed by atoms with Gasteiger partial charge in [-0.3, -0.25) is 9.78 Å². The van der Waals surface area contributed by atoms with Crippen LogP contribution in [0.15, 0.2) is 29.6 Å². The molecule has 114 valence electrons. The molecule has 8 heteroatoms. The third-order valence-electron chi connectivity index (χ3n) is 3.14. The lowest BCUT2D eigenvalue weighted by Gasteiger charge is -2.32. The largest absolute Gasteiger partial charge is 0.438 e. The van der Waals surface area contributed by atoms with Crippen molar-refractivity contribution in [2.45, 2.75) is 38.1 Å². The molecule has 21 heavy (non-hydrogen) atoms. The summed E-state index contributed by atoms with van der Waals surface area (Å²) in [5.74, 6) is -1.03. The van der Waals surface area contributed by atoms with Gasteiger partial charge in [0.1, 0.15) is 0 Å². The monoisotopic (exact) mass is 301 g/mol. The van der Waals surface area contributed by atoms with Crippen molar-refractivity contribution in [1.82, 2.24) is 9.99 Å². The standard InChI is InChI=1S/C13H14F3N3O2/c1-2-4-10-7-12(21,13(14,15)16)19(18-10)11(20)9-5-3-6-17-8-9/h3,5-6,8,21H,2,4,7H2,1H3/t12-/m1/s1. The molecule has 0 bridgehead atoms. The lowest BCUT2D eigenvalue weighted by molar-refractivity contribution is -0.297. The van der Waals surface area contributed by atoms with Gasteiger partial charge in [0.05, 0.1) is 5.56 Å². The van der Waals surface area contributed by atoms with Crippen molar-refractivity contribution in [3.8, 4) is 0 Å². The average molecular weight is 301 g/mol. The summed E-state index contributed by atoms with van der Waals surface area (Å²) in [5.41, 5.74) is -3.22. The molecule has 1 aromatic heterocycles. The Balaban J connectivity index is 2.39. The summed E-state index contributed by atoms with van der Waals surface area (Å²) in [6, 6.07) is 2.74. The molecular weight excluding hydrogens is 287 g/mol. The number of aliphatic hydroxyl groups is 1. The predicted octanol–water partition coefficient (Wildman–Crippen LogP) is 2.33. The van der Waals surface area contributed by atoms with E-state index in [1.165, 1.54) is 18.3 Å². The smallest absolute Gasteiger partial charge is 0.362 e. The lowest BCUT2D eigenvalue weighted by atomic mass is 10.0. The highest BCUT2D eigenvalue weighted by atomic mass is 19.4. The van der Waals surface area contributed by atoms with Gasteiger partial charge < -0.3 is 5.11 Å². The van der Waals surface area contributed by atoms with E-state index >= 15 is 0 Å². The van der Waals surface area contributed by atoms with Crippen molar-refractivity contribution in [3.05, 3.63) is 30.1 Å². The maximum atomic E-state index is 13.2. The number of aromatic nitrogens is 1. The normalized spacial score (nSPS) is 22.3. The Bertz CT molecular complexity index is 560. The van der Waals surface area contributed by atoms with Crippen molar-refractivity contribution in [1.29, 1.82) is 0 Å². The summed E-state index contributed by atoms with van der Waals surface area (Å²) in [6.45, 7) is 1.78. The molecule has 0 saturated heterocycles. The molecule has 1 N–H and O–H groups in total. The number of rotatable bonds is 3. The molecule has 1 aromatic rings. The SMILES string of the molecule is CCCC1=NN(C(=O)c2cccnc2)[C@](O)(C(F)(F)F)C1. The zero-order valence-corrected chi connectivity index (χ0v) is 11.3. The first-order chi connectivity index (χ1) is 9.79. The van der Waals surface area contributed by atoms with Crippen LogP contribution in [0, 0.1) is 0 Å². The van der Waals surface area contributed by atoms with Crippen molar-refractivity contribution < 1.29 is 23.1 Å². The number of nitrogens with zero attached hydrogens (tertiary/aromatic N) is 3. The van der Waals surface area contributed by atoms with E-state index in [1.54, 1.807) is 6.92 Å². The van der Waals surface area contributed by atoms with E-state index in [2.05, 4.69) is 10.1 Å². The van der Waals surface area contributed by atoms with Gasteiger partial charge in [-0.1, -0.05) is 13.3 Å². The lowest BCUT2D eigenvalue weighted by Crippen LogP contribution is -2.56. The van der Waals surface area contributed by atoms with E-state index in [-0.39, 0.29) is 22.7 Å². The molecule has 1 aliphatic rings. The van der Waals surface area contributed by atoms with Crippen molar-refractivity contribution in [2.24, 2.45) is 5.10 Å². The minimum absolute atomic E-state index is 0.0679. The Morgan fingerprint density at radius 1 is 1.52 bits per heavy atom. The number of carbonyl (C=O) groups is 1. The first-order valence-electron chi connectivity index (χ1n) is 6.39. The maximum absolute atomic E-state index is 13.2. The van der Waals surface area contributed by atoms with Gasteiger partial charge in [0.2, 0.25) is 0 Å². The van der Waals surface area contributed by atoms with Gasteiger partial charge in [-0.2, -0.15) is 23.3 Å². The quantitative estimate of drug-likeness (QED) is 0.932. The third-order valence-corrected chi connectivity index (χ3v) is 3.14. The molecule has 0 radical (unpaired) electrons. The molecular formula is C13H14F3N3O2. The number of hydrogen-bond donors (Lipinski definition) is 1. The van der Waals surface area contributed by atoms with Crippen LogP contribution in [0.25, 0.3) is 0 Å². The molecule has 0 saturated carbocycles. The van der Waals surface area contributed by atoms with Crippen LogP contribution in [-0.4, -0.2) is 38.6 Å². The number of carbonyl (C=O) groups excluding carboxylic acids is 1. The Morgan fingerprint density at radius 2 is 2.24 bits per heavy atom. The molecule has 1 amide bonds. The average Bonchev–Trinajstić information content (AvgIpc) is 2.77. The molecule has 0 unspecified atom stereocenters. The second kappa shape index (κ2) is 5.44. The summed E-state index contributed by atoms with van der Waals surface area (Å²) < 4.78 is 39.5. The number of pyridine rings is 1. The number of alkyl halides is 3. The van der Waals surface area contributed by atoms with Crippen LogP contribution in [0.2, 0.25) is 0 Å². The predicted molar refractivity (Wildman–Crippen MR) is 68.4 cm³/mol. The van der Waals surface area contributed by atoms with Gasteiger partial charge in [-0.05, 0) is 18.6 Å². The van der Waals surface area contributed by atoms with Crippen molar-refractivity contribution in [2.75, 3.05) is 0 Å². The van der Waals surface area contributed by atoms with Crippen molar-refractivity contribution >= 4 is 11.6 Å². The van der Waals surface area contributed by atoms with E-state index in [0.717, 1.165) is 6.20 Å². The molecule has 0 fully saturated rings. The molecule has 2 heterocycles. The minimum Gasteiger partial charge on any atom is -0.362 e. The molecule has 2 rings (SSSR count). The minimum atomic E-state index is -5.00. The zero-order valence-electron chi connectivity index (χ0n) is 11.3. The highest BCUT2D eigenvalue weighted by Gasteiger charge is 2.63. The molecule has 0 aromatic carbocycles. The highest BCUT2D eigenvalue weighted by molar-refractivity contribution is 5.98. The van der Waals surface area contributed by atoms with E-state index in [4.69, 9.17) is 0 Å². The summed E-state index contributed by atoms with van der Waals surface area (Å²) >= 11 is 0. The van der Waals surface area contributed by atoms with Crippen LogP contribution < -0.4 is 0 Å². The third kappa shape index (κ3) is 2.76. The van der Waals surface area contributed by atoms with Gasteiger partial charge in [-0.15, -0.1) is 0 Å². The maximum Gasteiger partial charge on any atom is 0.438 e. The molecule has 1 aliphatic heterocycles. The first-order valence-corrected chi connectivity index (χ1v) is 6.39. The Hall–Kier alpha value is -1.96. The van der Waals surface area contributed by atoms with Gasteiger partial charge in [-0.25, -0.2) is 0 Å². The van der Waals surface area contributed by atoms with E-state index in [1.807, 2.05) is 0 Å². The number of halogens is 3. The number of hydrogen-bond acceptors (Lipinski definition) is 4. The number of amides is 1. The topological polar surface area (TPSA) is 65.8 Å². The zero-order chi connectivity index (χ0) is 15.7. The van der Waals surface area contributed by atoms with Gasteiger partial charge >= 0.3 is 6.18 Å². The summed E-state index contributed by atoms with van der Waals surface area (Å²) in [5, 5.41) is 13.8. The fraction of sp³-hybridized carbons (Fsp3) is 0.462. The van der Waals surface area contributed by atoms with Crippen LogP contribution in [0.1, 0.15) is 36.5 Å². The first kappa shape index (κ1) is 15.4. The summed E-state index contributed by atoms with van der Waals surface area (Å²) in [7, 11) is 0. The van der Waals surface area contributed by atoms with Crippen LogP contribution in [0.4, 0.5) is 13.2 Å². The summed E-state index contributed by atoms with van der Waals surface area (Å²) in [4.78, 5) is 15.9. The van der Waals surface area contributed by atoms with Crippen LogP contribution in [0.5, 0.6) is 0 Å². The van der Waals surface area contributed by atoms with Crippen LogP contribution in [0.3, 0.4) is 0 Å². The van der Waals surface area contributed by atoms with Gasteiger partial charge in [0.25, 0.3) is 11.6 Å². The Morgan fingerprint density at radius 3 is 2.76 bits per heavy atom. The second-order valence-electron chi connectivity index (χ2n) is 4.77. The van der Waals surface area contributed by atoms with Gasteiger partial charge in [0, 0.05) is 24.5 Å². The van der Waals surface area contributed by atoms with Gasteiger partial charge in [0.15, 0.2) is 0 Å². The molecule has 1 atom stereocenters. The molecule has 0 aliphatic carbocycles. The Kier molecular flexibility index (Phi) is 3.99. The van der Waals surface area contributed by atoms with Crippen LogP contribution >= 0.6 is 0 Å². The fourth-order valence-corrected chi connectivity index (χ4v) is 2.09. The van der Waals surface area contributed by atoms with Crippen LogP contribution in [-0.2, 0) is 0 Å². The summed E-state index contributed by atoms with van der Waals surface area (Å²) in [6.07, 6.45) is -2.34. The second-order valence-corrected chi connectivity index (χ2v) is 4.77. The van der Waals surface area contributed by atoms with Crippen molar-refractivity contribution in [3.63, 3.8) is 0 Å². The highest BCUT2D eigenvalue weighted by Crippen LogP contribution is 2.41. The van der Waals surface area contributed by atoms with E-state index in [0.29, 0.717) is 6.42 Å². The Labute approximate surface area is 119 Å². The molecule has 5 nitrogen and oxygen atoms in total. The van der Waals surface area contributed by atoms with E-state index in [9.17, 15) is 23.1 Å².